The first-order valence-electron chi connectivity index (χ1n) is 5.12. The van der Waals surface area contributed by atoms with Crippen LogP contribution in [0.5, 0.6) is 0 Å². The average Bonchev–Trinajstić information content (AvgIpc) is 2.49. The van der Waals surface area contributed by atoms with Crippen LogP contribution in [0.25, 0.3) is 0 Å². The summed E-state index contributed by atoms with van der Waals surface area (Å²) in [5, 5.41) is 13.3. The molecule has 0 radical (unpaired) electrons. The fraction of sp³-hybridized carbons (Fsp3) is 1.00. The van der Waals surface area contributed by atoms with Crippen molar-refractivity contribution in [1.82, 2.24) is 5.32 Å². The van der Waals surface area contributed by atoms with Crippen LogP contribution < -0.4 is 5.32 Å². The van der Waals surface area contributed by atoms with E-state index in [0.29, 0.717) is 6.04 Å². The first kappa shape index (κ1) is 10.0. The topological polar surface area (TPSA) is 32.3 Å². The molecule has 1 aliphatic rings. The predicted octanol–water partition coefficient (Wildman–Crippen LogP) is 1.68. The van der Waals surface area contributed by atoms with Crippen LogP contribution in [0.3, 0.4) is 0 Å². The Morgan fingerprint density at radius 2 is 2.00 bits per heavy atom. The van der Waals surface area contributed by atoms with E-state index in [1.54, 1.807) is 0 Å². The summed E-state index contributed by atoms with van der Waals surface area (Å²) in [7, 11) is 0. The number of hydrogen-bond acceptors (Lipinski definition) is 2. The molecule has 0 aromatic carbocycles. The third-order valence-corrected chi connectivity index (χ3v) is 2.93. The van der Waals surface area contributed by atoms with Gasteiger partial charge in [0.25, 0.3) is 0 Å². The van der Waals surface area contributed by atoms with Gasteiger partial charge in [-0.2, -0.15) is 0 Å². The van der Waals surface area contributed by atoms with E-state index in [1.165, 1.54) is 12.8 Å². The van der Waals surface area contributed by atoms with E-state index >= 15 is 0 Å². The van der Waals surface area contributed by atoms with Gasteiger partial charge in [-0.05, 0) is 26.2 Å². The molecule has 0 amide bonds. The van der Waals surface area contributed by atoms with Crippen LogP contribution in [-0.4, -0.2) is 23.3 Å². The second-order valence-corrected chi connectivity index (χ2v) is 4.12. The van der Waals surface area contributed by atoms with Gasteiger partial charge >= 0.3 is 0 Å². The molecule has 1 rings (SSSR count). The number of nitrogens with one attached hydrogen (secondary N) is 1. The Hall–Kier alpha value is -0.0800. The quantitative estimate of drug-likeness (QED) is 0.674. The first-order chi connectivity index (χ1) is 5.66. The summed E-state index contributed by atoms with van der Waals surface area (Å²) in [6, 6.07) is 0.537. The highest BCUT2D eigenvalue weighted by atomic mass is 16.3. The van der Waals surface area contributed by atoms with Gasteiger partial charge in [-0.3, -0.25) is 0 Å². The Kier molecular flexibility index (Phi) is 3.53. The molecule has 0 bridgehead atoms. The molecule has 1 fully saturated rings. The van der Waals surface area contributed by atoms with Gasteiger partial charge in [-0.15, -0.1) is 0 Å². The molecule has 0 heterocycles. The van der Waals surface area contributed by atoms with Crippen LogP contribution in [0.1, 0.15) is 46.0 Å². The van der Waals surface area contributed by atoms with Crippen molar-refractivity contribution in [2.45, 2.75) is 57.6 Å². The smallest absolute Gasteiger partial charge is 0.0771 e. The molecule has 0 aliphatic heterocycles. The molecule has 72 valence electrons. The first-order valence-corrected chi connectivity index (χ1v) is 5.12. The van der Waals surface area contributed by atoms with Crippen molar-refractivity contribution in [2.75, 3.05) is 6.54 Å². The molecule has 1 saturated carbocycles. The molecule has 2 nitrogen and oxygen atoms in total. The lowest BCUT2D eigenvalue weighted by Crippen LogP contribution is -2.41. The lowest BCUT2D eigenvalue weighted by atomic mass is 10.0. The van der Waals surface area contributed by atoms with Gasteiger partial charge in [0.15, 0.2) is 0 Å². The SMILES string of the molecule is CCC(C)NCC1(O)CCCC1. The maximum Gasteiger partial charge on any atom is 0.0771 e. The van der Waals surface area contributed by atoms with E-state index in [-0.39, 0.29) is 5.60 Å². The highest BCUT2D eigenvalue weighted by Gasteiger charge is 2.30. The second kappa shape index (κ2) is 4.24. The number of aliphatic hydroxyl groups is 1. The third kappa shape index (κ3) is 2.76. The molecule has 2 heteroatoms. The fourth-order valence-corrected chi connectivity index (χ4v) is 1.72. The van der Waals surface area contributed by atoms with E-state index in [1.807, 2.05) is 0 Å². The summed E-state index contributed by atoms with van der Waals surface area (Å²) >= 11 is 0. The van der Waals surface area contributed by atoms with Gasteiger partial charge in [0.1, 0.15) is 0 Å². The Bertz CT molecular complexity index is 130. The van der Waals surface area contributed by atoms with Gasteiger partial charge in [0.2, 0.25) is 0 Å². The van der Waals surface area contributed by atoms with Gasteiger partial charge < -0.3 is 10.4 Å². The van der Waals surface area contributed by atoms with Crippen LogP contribution in [0.4, 0.5) is 0 Å². The zero-order chi connectivity index (χ0) is 9.03. The molecule has 0 saturated heterocycles. The van der Waals surface area contributed by atoms with Crippen molar-refractivity contribution in [2.24, 2.45) is 0 Å². The molecular formula is C10H21NO. The minimum absolute atomic E-state index is 0.385. The van der Waals surface area contributed by atoms with Crippen molar-refractivity contribution in [3.05, 3.63) is 0 Å². The predicted molar refractivity (Wildman–Crippen MR) is 51.2 cm³/mol. The third-order valence-electron chi connectivity index (χ3n) is 2.93. The minimum atomic E-state index is -0.385. The molecule has 1 unspecified atom stereocenters. The van der Waals surface area contributed by atoms with Crippen LogP contribution in [0.2, 0.25) is 0 Å². The van der Waals surface area contributed by atoms with Crippen LogP contribution >= 0.6 is 0 Å². The van der Waals surface area contributed by atoms with Crippen molar-refractivity contribution in [3.8, 4) is 0 Å². The van der Waals surface area contributed by atoms with Gasteiger partial charge in [0, 0.05) is 12.6 Å². The molecule has 0 aromatic rings. The number of hydrogen-bond donors (Lipinski definition) is 2. The van der Waals surface area contributed by atoms with Crippen molar-refractivity contribution < 1.29 is 5.11 Å². The van der Waals surface area contributed by atoms with Crippen LogP contribution in [-0.2, 0) is 0 Å². The number of rotatable bonds is 4. The van der Waals surface area contributed by atoms with E-state index in [2.05, 4.69) is 19.2 Å². The molecule has 1 aliphatic carbocycles. The maximum atomic E-state index is 9.97. The normalized spacial score (nSPS) is 24.2. The highest BCUT2D eigenvalue weighted by Crippen LogP contribution is 2.28. The van der Waals surface area contributed by atoms with E-state index < -0.39 is 0 Å². The van der Waals surface area contributed by atoms with Crippen LogP contribution in [0.15, 0.2) is 0 Å². The lowest BCUT2D eigenvalue weighted by molar-refractivity contribution is 0.0453. The Morgan fingerprint density at radius 1 is 1.42 bits per heavy atom. The zero-order valence-electron chi connectivity index (χ0n) is 8.27. The minimum Gasteiger partial charge on any atom is -0.389 e. The summed E-state index contributed by atoms with van der Waals surface area (Å²) in [6.07, 6.45) is 5.49. The summed E-state index contributed by atoms with van der Waals surface area (Å²) < 4.78 is 0. The van der Waals surface area contributed by atoms with E-state index in [0.717, 1.165) is 25.8 Å². The van der Waals surface area contributed by atoms with Crippen molar-refractivity contribution >= 4 is 0 Å². The van der Waals surface area contributed by atoms with Crippen molar-refractivity contribution in [1.29, 1.82) is 0 Å². The summed E-state index contributed by atoms with van der Waals surface area (Å²) in [4.78, 5) is 0. The molecule has 0 aromatic heterocycles. The zero-order valence-corrected chi connectivity index (χ0v) is 8.27. The maximum absolute atomic E-state index is 9.97. The Labute approximate surface area is 75.4 Å². The summed E-state index contributed by atoms with van der Waals surface area (Å²) in [5.41, 5.74) is -0.385. The van der Waals surface area contributed by atoms with Crippen molar-refractivity contribution in [3.63, 3.8) is 0 Å². The van der Waals surface area contributed by atoms with Gasteiger partial charge in [-0.1, -0.05) is 19.8 Å². The summed E-state index contributed by atoms with van der Waals surface area (Å²) in [5.74, 6) is 0. The molecule has 0 spiro atoms. The molecule has 12 heavy (non-hydrogen) atoms. The summed E-state index contributed by atoms with van der Waals surface area (Å²) in [6.45, 7) is 5.11. The van der Waals surface area contributed by atoms with E-state index in [9.17, 15) is 5.11 Å². The molecule has 1 atom stereocenters. The average molecular weight is 171 g/mol. The Morgan fingerprint density at radius 3 is 2.50 bits per heavy atom. The Balaban J connectivity index is 2.21. The monoisotopic (exact) mass is 171 g/mol. The van der Waals surface area contributed by atoms with E-state index in [4.69, 9.17) is 0 Å². The molecular weight excluding hydrogens is 150 g/mol. The molecule has 2 N–H and O–H groups in total. The van der Waals surface area contributed by atoms with Crippen LogP contribution in [0, 0.1) is 0 Å². The standard InChI is InChI=1S/C10H21NO/c1-3-9(2)11-8-10(12)6-4-5-7-10/h9,11-12H,3-8H2,1-2H3. The second-order valence-electron chi connectivity index (χ2n) is 4.12. The highest BCUT2D eigenvalue weighted by molar-refractivity contribution is 4.86. The van der Waals surface area contributed by atoms with Gasteiger partial charge in [0.05, 0.1) is 5.60 Å². The lowest BCUT2D eigenvalue weighted by Gasteiger charge is -2.24. The fourth-order valence-electron chi connectivity index (χ4n) is 1.72. The van der Waals surface area contributed by atoms with Gasteiger partial charge in [-0.25, -0.2) is 0 Å². The largest absolute Gasteiger partial charge is 0.389 e.